The fourth-order valence-corrected chi connectivity index (χ4v) is 4.28. The minimum absolute atomic E-state index is 0.00715. The number of piperidine rings is 1. The zero-order chi connectivity index (χ0) is 19.3. The molecule has 5 heteroatoms. The van der Waals surface area contributed by atoms with Crippen LogP contribution in [0, 0.1) is 11.3 Å². The van der Waals surface area contributed by atoms with Crippen LogP contribution in [0.5, 0.6) is 0 Å². The average Bonchev–Trinajstić information content (AvgIpc) is 2.79. The molecule has 2 aromatic rings. The van der Waals surface area contributed by atoms with Gasteiger partial charge in [-0.05, 0) is 49.5 Å². The first-order chi connectivity index (χ1) is 13.8. The van der Waals surface area contributed by atoms with Gasteiger partial charge < -0.3 is 15.0 Å². The van der Waals surface area contributed by atoms with Gasteiger partial charge in [0.15, 0.2) is 5.78 Å². The summed E-state index contributed by atoms with van der Waals surface area (Å²) in [6, 6.07) is 15.6. The van der Waals surface area contributed by atoms with Crippen LogP contribution in [0.15, 0.2) is 42.5 Å². The molecule has 5 nitrogen and oxygen atoms in total. The smallest absolute Gasteiger partial charge is 0.195 e. The van der Waals surface area contributed by atoms with Crippen LogP contribution in [0.1, 0.15) is 45.8 Å². The van der Waals surface area contributed by atoms with E-state index in [0.717, 1.165) is 50.3 Å². The molecule has 2 aliphatic heterocycles. The minimum Gasteiger partial charge on any atom is -0.378 e. The Balaban J connectivity index is 1.89. The van der Waals surface area contributed by atoms with Crippen molar-refractivity contribution in [2.75, 3.05) is 44.3 Å². The molecule has 2 saturated heterocycles. The summed E-state index contributed by atoms with van der Waals surface area (Å²) in [5, 5.41) is 13.2. The molecule has 0 radical (unpaired) electrons. The molecule has 0 spiro atoms. The lowest BCUT2D eigenvalue weighted by atomic mass is 9.81. The predicted molar refractivity (Wildman–Crippen MR) is 109 cm³/mol. The molecule has 2 heterocycles. The Bertz CT molecular complexity index is 877. The standard InChI is InChI=1S/C23H25N3O2/c24-16-19-6-7-20(26-12-14-28-15-13-26)22(21(19)17-8-10-25-11-9-17)23(27)18-4-2-1-3-5-18/h1-7,17,25H,8-15H2. The number of nitrogens with zero attached hydrogens (tertiary/aromatic N) is 2. The van der Waals surface area contributed by atoms with Crippen molar-refractivity contribution < 1.29 is 9.53 Å². The number of hydrogen-bond acceptors (Lipinski definition) is 5. The van der Waals surface area contributed by atoms with Crippen LogP contribution in [0.25, 0.3) is 0 Å². The van der Waals surface area contributed by atoms with Gasteiger partial charge in [-0.25, -0.2) is 0 Å². The number of ether oxygens (including phenoxy) is 1. The summed E-state index contributed by atoms with van der Waals surface area (Å²) in [6.07, 6.45) is 1.88. The van der Waals surface area contributed by atoms with Crippen molar-refractivity contribution in [1.29, 1.82) is 5.26 Å². The first kappa shape index (κ1) is 18.7. The van der Waals surface area contributed by atoms with E-state index in [1.807, 2.05) is 42.5 Å². The van der Waals surface area contributed by atoms with E-state index in [9.17, 15) is 10.1 Å². The van der Waals surface area contributed by atoms with Gasteiger partial charge in [0.05, 0.1) is 30.4 Å². The van der Waals surface area contributed by atoms with Crippen molar-refractivity contribution in [3.05, 3.63) is 64.7 Å². The number of carbonyl (C=O) groups is 1. The Morgan fingerprint density at radius 2 is 1.79 bits per heavy atom. The van der Waals surface area contributed by atoms with Crippen molar-refractivity contribution in [2.24, 2.45) is 0 Å². The van der Waals surface area contributed by atoms with Gasteiger partial charge >= 0.3 is 0 Å². The van der Waals surface area contributed by atoms with Crippen molar-refractivity contribution in [3.63, 3.8) is 0 Å². The number of anilines is 1. The lowest BCUT2D eigenvalue weighted by Gasteiger charge is -2.33. The van der Waals surface area contributed by atoms with Gasteiger partial charge in [0.25, 0.3) is 0 Å². The van der Waals surface area contributed by atoms with Crippen molar-refractivity contribution in [1.82, 2.24) is 5.32 Å². The van der Waals surface area contributed by atoms with Gasteiger partial charge in [0.2, 0.25) is 0 Å². The highest BCUT2D eigenvalue weighted by Crippen LogP contribution is 2.37. The van der Waals surface area contributed by atoms with E-state index in [-0.39, 0.29) is 11.7 Å². The molecule has 0 atom stereocenters. The van der Waals surface area contributed by atoms with Crippen molar-refractivity contribution >= 4 is 11.5 Å². The number of hydrogen-bond donors (Lipinski definition) is 1. The molecule has 144 valence electrons. The number of nitrogens with one attached hydrogen (secondary N) is 1. The number of ketones is 1. The number of nitriles is 1. The largest absolute Gasteiger partial charge is 0.378 e. The summed E-state index contributed by atoms with van der Waals surface area (Å²) in [5.41, 5.74) is 3.87. The Morgan fingerprint density at radius 3 is 2.46 bits per heavy atom. The Labute approximate surface area is 165 Å². The Morgan fingerprint density at radius 1 is 1.07 bits per heavy atom. The topological polar surface area (TPSA) is 65.4 Å². The van der Waals surface area contributed by atoms with Crippen LogP contribution in [-0.4, -0.2) is 45.2 Å². The highest BCUT2D eigenvalue weighted by atomic mass is 16.5. The maximum absolute atomic E-state index is 13.7. The number of rotatable bonds is 4. The second kappa shape index (κ2) is 8.55. The fraction of sp³-hybridized carbons (Fsp3) is 0.391. The van der Waals surface area contributed by atoms with Gasteiger partial charge in [-0.3, -0.25) is 4.79 Å². The lowest BCUT2D eigenvalue weighted by molar-refractivity contribution is 0.103. The Hall–Kier alpha value is -2.68. The van der Waals surface area contributed by atoms with Gasteiger partial charge in [0, 0.05) is 24.3 Å². The van der Waals surface area contributed by atoms with E-state index in [2.05, 4.69) is 16.3 Å². The second-order valence-electron chi connectivity index (χ2n) is 7.35. The average molecular weight is 375 g/mol. The van der Waals surface area contributed by atoms with Gasteiger partial charge in [-0.15, -0.1) is 0 Å². The number of carbonyl (C=O) groups excluding carboxylic acids is 1. The fourth-order valence-electron chi connectivity index (χ4n) is 4.28. The van der Waals surface area contributed by atoms with E-state index in [0.29, 0.717) is 29.9 Å². The molecule has 2 aliphatic rings. The van der Waals surface area contributed by atoms with E-state index < -0.39 is 0 Å². The zero-order valence-electron chi connectivity index (χ0n) is 16.0. The summed E-state index contributed by atoms with van der Waals surface area (Å²) < 4.78 is 5.51. The SMILES string of the molecule is N#Cc1ccc(N2CCOCC2)c(C(=O)c2ccccc2)c1C1CCNCC1. The highest BCUT2D eigenvalue weighted by Gasteiger charge is 2.29. The van der Waals surface area contributed by atoms with Crippen LogP contribution in [0.2, 0.25) is 0 Å². The summed E-state index contributed by atoms with van der Waals surface area (Å²) in [6.45, 7) is 4.65. The molecule has 0 bridgehead atoms. The molecular formula is C23H25N3O2. The molecule has 0 aliphatic carbocycles. The summed E-state index contributed by atoms with van der Waals surface area (Å²) in [7, 11) is 0. The molecule has 2 fully saturated rings. The lowest BCUT2D eigenvalue weighted by Crippen LogP contribution is -2.37. The molecule has 2 aromatic carbocycles. The third kappa shape index (κ3) is 3.66. The van der Waals surface area contributed by atoms with Crippen molar-refractivity contribution in [3.8, 4) is 6.07 Å². The second-order valence-corrected chi connectivity index (χ2v) is 7.35. The first-order valence-corrected chi connectivity index (χ1v) is 9.99. The molecule has 28 heavy (non-hydrogen) atoms. The number of benzene rings is 2. The van der Waals surface area contributed by atoms with Gasteiger partial charge in [-0.1, -0.05) is 30.3 Å². The predicted octanol–water partition coefficient (Wildman–Crippen LogP) is 3.09. The van der Waals surface area contributed by atoms with Crippen LogP contribution in [0.3, 0.4) is 0 Å². The van der Waals surface area contributed by atoms with E-state index >= 15 is 0 Å². The van der Waals surface area contributed by atoms with Crippen LogP contribution >= 0.6 is 0 Å². The number of morpholine rings is 1. The Kier molecular flexibility index (Phi) is 5.70. The molecule has 0 saturated carbocycles. The maximum Gasteiger partial charge on any atom is 0.195 e. The van der Waals surface area contributed by atoms with Crippen LogP contribution < -0.4 is 10.2 Å². The molecular weight excluding hydrogens is 350 g/mol. The summed E-state index contributed by atoms with van der Waals surface area (Å²) in [4.78, 5) is 15.9. The normalized spacial score (nSPS) is 17.9. The summed E-state index contributed by atoms with van der Waals surface area (Å²) in [5.74, 6) is 0.229. The molecule has 4 rings (SSSR count). The minimum atomic E-state index is 0.00715. The molecule has 0 unspecified atom stereocenters. The van der Waals surface area contributed by atoms with Gasteiger partial charge in [0.1, 0.15) is 0 Å². The summed E-state index contributed by atoms with van der Waals surface area (Å²) >= 11 is 0. The molecule has 0 aromatic heterocycles. The highest BCUT2D eigenvalue weighted by molar-refractivity contribution is 6.14. The third-order valence-electron chi connectivity index (χ3n) is 5.71. The maximum atomic E-state index is 13.7. The monoisotopic (exact) mass is 375 g/mol. The molecule has 0 amide bonds. The first-order valence-electron chi connectivity index (χ1n) is 9.99. The van der Waals surface area contributed by atoms with E-state index in [1.165, 1.54) is 0 Å². The third-order valence-corrected chi connectivity index (χ3v) is 5.71. The van der Waals surface area contributed by atoms with Crippen LogP contribution in [0.4, 0.5) is 5.69 Å². The zero-order valence-corrected chi connectivity index (χ0v) is 16.0. The quantitative estimate of drug-likeness (QED) is 0.832. The van der Waals surface area contributed by atoms with Gasteiger partial charge in [-0.2, -0.15) is 5.26 Å². The molecule has 1 N–H and O–H groups in total. The van der Waals surface area contributed by atoms with E-state index in [4.69, 9.17) is 4.74 Å². The van der Waals surface area contributed by atoms with E-state index in [1.54, 1.807) is 0 Å². The van der Waals surface area contributed by atoms with Crippen molar-refractivity contribution in [2.45, 2.75) is 18.8 Å². The van der Waals surface area contributed by atoms with Crippen LogP contribution in [-0.2, 0) is 4.74 Å².